The number of ether oxygens (including phenoxy) is 1. The van der Waals surface area contributed by atoms with Crippen molar-refractivity contribution in [2.24, 2.45) is 0 Å². The fourth-order valence-corrected chi connectivity index (χ4v) is 1.82. The molecule has 0 fully saturated rings. The van der Waals surface area contributed by atoms with Crippen molar-refractivity contribution >= 4 is 29.1 Å². The van der Waals surface area contributed by atoms with Crippen molar-refractivity contribution in [3.8, 4) is 5.75 Å². The highest BCUT2D eigenvalue weighted by atomic mass is 35.5. The van der Waals surface area contributed by atoms with Gasteiger partial charge < -0.3 is 15.4 Å². The van der Waals surface area contributed by atoms with Gasteiger partial charge in [0.2, 0.25) is 0 Å². The van der Waals surface area contributed by atoms with E-state index in [0.717, 1.165) is 19.5 Å². The van der Waals surface area contributed by atoms with Crippen LogP contribution in [0.3, 0.4) is 0 Å². The number of hydrogen-bond acceptors (Lipinski definition) is 3. The minimum absolute atomic E-state index is 0.158. The first-order chi connectivity index (χ1) is 9.54. The van der Waals surface area contributed by atoms with Crippen LogP contribution in [-0.2, 0) is 4.79 Å². The summed E-state index contributed by atoms with van der Waals surface area (Å²) in [6.45, 7) is 6.06. The first kappa shape index (κ1) is 17.1. The maximum Gasteiger partial charge on any atom is 0.260 e. The maximum absolute atomic E-state index is 11.8. The van der Waals surface area contributed by atoms with Gasteiger partial charge in [-0.3, -0.25) is 4.79 Å². The molecule has 6 heteroatoms. The molecule has 0 bridgehead atoms. The first-order valence-electron chi connectivity index (χ1n) is 6.64. The van der Waals surface area contributed by atoms with Gasteiger partial charge in [0.15, 0.2) is 6.10 Å². The summed E-state index contributed by atoms with van der Waals surface area (Å²) in [6, 6.07) is 4.91. The lowest BCUT2D eigenvalue weighted by molar-refractivity contribution is -0.127. The molecule has 1 aromatic carbocycles. The third kappa shape index (κ3) is 5.99. The molecular formula is C14H20Cl2N2O2. The lowest BCUT2D eigenvalue weighted by atomic mass is 10.3. The van der Waals surface area contributed by atoms with Crippen molar-refractivity contribution in [2.45, 2.75) is 26.4 Å². The van der Waals surface area contributed by atoms with Crippen LogP contribution in [0.25, 0.3) is 0 Å². The summed E-state index contributed by atoms with van der Waals surface area (Å²) in [5, 5.41) is 6.87. The number of hydrogen-bond donors (Lipinski definition) is 2. The van der Waals surface area contributed by atoms with Crippen LogP contribution in [0.5, 0.6) is 5.75 Å². The van der Waals surface area contributed by atoms with E-state index < -0.39 is 6.10 Å². The van der Waals surface area contributed by atoms with Crippen LogP contribution in [0.15, 0.2) is 18.2 Å². The van der Waals surface area contributed by atoms with Crippen LogP contribution in [0.2, 0.25) is 10.0 Å². The second kappa shape index (κ2) is 9.06. The summed E-state index contributed by atoms with van der Waals surface area (Å²) in [7, 11) is 0. The van der Waals surface area contributed by atoms with E-state index in [2.05, 4.69) is 17.6 Å². The molecule has 1 atom stereocenters. The number of carbonyl (C=O) groups excluding carboxylic acids is 1. The van der Waals surface area contributed by atoms with Gasteiger partial charge in [0.05, 0.1) is 10.0 Å². The van der Waals surface area contributed by atoms with Crippen molar-refractivity contribution in [3.05, 3.63) is 28.2 Å². The molecule has 0 radical (unpaired) electrons. The highest BCUT2D eigenvalue weighted by Gasteiger charge is 2.14. The van der Waals surface area contributed by atoms with E-state index in [1.807, 2.05) is 0 Å². The highest BCUT2D eigenvalue weighted by molar-refractivity contribution is 6.42. The van der Waals surface area contributed by atoms with Gasteiger partial charge in [-0.05, 0) is 32.0 Å². The molecule has 4 nitrogen and oxygen atoms in total. The molecule has 0 saturated heterocycles. The fraction of sp³-hybridized carbons (Fsp3) is 0.500. The van der Waals surface area contributed by atoms with E-state index >= 15 is 0 Å². The number of halogens is 2. The monoisotopic (exact) mass is 318 g/mol. The lowest BCUT2D eigenvalue weighted by Crippen LogP contribution is -2.39. The highest BCUT2D eigenvalue weighted by Crippen LogP contribution is 2.26. The molecule has 1 aromatic rings. The van der Waals surface area contributed by atoms with Crippen LogP contribution in [-0.4, -0.2) is 31.6 Å². The third-order valence-electron chi connectivity index (χ3n) is 2.60. The van der Waals surface area contributed by atoms with Crippen molar-refractivity contribution in [1.82, 2.24) is 10.6 Å². The number of nitrogens with one attached hydrogen (secondary N) is 2. The summed E-state index contributed by atoms with van der Waals surface area (Å²) < 4.78 is 5.51. The lowest BCUT2D eigenvalue weighted by Gasteiger charge is -2.15. The summed E-state index contributed by atoms with van der Waals surface area (Å²) >= 11 is 11.7. The van der Waals surface area contributed by atoms with Crippen LogP contribution in [0.1, 0.15) is 20.3 Å². The summed E-state index contributed by atoms with van der Waals surface area (Å²) in [5.41, 5.74) is 0. The molecule has 0 heterocycles. The molecule has 1 amide bonds. The van der Waals surface area contributed by atoms with Gasteiger partial charge in [0.1, 0.15) is 5.75 Å². The Labute approximate surface area is 129 Å². The van der Waals surface area contributed by atoms with E-state index in [0.29, 0.717) is 22.3 Å². The quantitative estimate of drug-likeness (QED) is 0.725. The Balaban J connectivity index is 2.35. The van der Waals surface area contributed by atoms with Crippen molar-refractivity contribution in [3.63, 3.8) is 0 Å². The zero-order valence-corrected chi connectivity index (χ0v) is 13.2. The Morgan fingerprint density at radius 3 is 2.65 bits per heavy atom. The van der Waals surface area contributed by atoms with Crippen molar-refractivity contribution in [1.29, 1.82) is 0 Å². The standard InChI is InChI=1S/C14H20Cl2N2O2/c1-3-6-17-7-8-18-14(19)10(2)20-11-4-5-12(15)13(16)9-11/h4-5,9-10,17H,3,6-8H2,1-2H3,(H,18,19). The molecule has 0 aromatic heterocycles. The zero-order chi connectivity index (χ0) is 15.0. The largest absolute Gasteiger partial charge is 0.481 e. The smallest absolute Gasteiger partial charge is 0.260 e. The Bertz CT molecular complexity index is 441. The van der Waals surface area contributed by atoms with E-state index in [-0.39, 0.29) is 5.91 Å². The molecule has 1 rings (SSSR count). The van der Waals surface area contributed by atoms with Gasteiger partial charge >= 0.3 is 0 Å². The van der Waals surface area contributed by atoms with Crippen LogP contribution in [0, 0.1) is 0 Å². The summed E-state index contributed by atoms with van der Waals surface area (Å²) in [5.74, 6) is 0.362. The first-order valence-corrected chi connectivity index (χ1v) is 7.40. The number of carbonyl (C=O) groups is 1. The van der Waals surface area contributed by atoms with Crippen LogP contribution >= 0.6 is 23.2 Å². The van der Waals surface area contributed by atoms with E-state index in [1.165, 1.54) is 0 Å². The second-order valence-corrected chi connectivity index (χ2v) is 5.19. The van der Waals surface area contributed by atoms with E-state index in [9.17, 15) is 4.79 Å². The fourth-order valence-electron chi connectivity index (χ4n) is 1.53. The van der Waals surface area contributed by atoms with Gasteiger partial charge in [0, 0.05) is 19.2 Å². The molecule has 2 N–H and O–H groups in total. The number of benzene rings is 1. The Morgan fingerprint density at radius 2 is 2.00 bits per heavy atom. The maximum atomic E-state index is 11.8. The molecule has 112 valence electrons. The van der Waals surface area contributed by atoms with Gasteiger partial charge in [0.25, 0.3) is 5.91 Å². The number of amides is 1. The van der Waals surface area contributed by atoms with E-state index in [4.69, 9.17) is 27.9 Å². The van der Waals surface area contributed by atoms with Gasteiger partial charge in [-0.25, -0.2) is 0 Å². The minimum Gasteiger partial charge on any atom is -0.481 e. The zero-order valence-electron chi connectivity index (χ0n) is 11.7. The van der Waals surface area contributed by atoms with Gasteiger partial charge in [-0.15, -0.1) is 0 Å². The molecule has 0 aliphatic carbocycles. The average molecular weight is 319 g/mol. The predicted octanol–water partition coefficient (Wildman–Crippen LogP) is 2.88. The molecule has 0 spiro atoms. The number of rotatable bonds is 8. The van der Waals surface area contributed by atoms with Crippen LogP contribution in [0.4, 0.5) is 0 Å². The Hall–Kier alpha value is -0.970. The summed E-state index contributed by atoms with van der Waals surface area (Å²) in [6.07, 6.45) is 0.489. The molecular weight excluding hydrogens is 299 g/mol. The molecule has 0 aliphatic rings. The Kier molecular flexibility index (Phi) is 7.73. The van der Waals surface area contributed by atoms with E-state index in [1.54, 1.807) is 25.1 Å². The minimum atomic E-state index is -0.585. The van der Waals surface area contributed by atoms with Crippen molar-refractivity contribution < 1.29 is 9.53 Å². The Morgan fingerprint density at radius 1 is 1.25 bits per heavy atom. The normalized spacial score (nSPS) is 12.0. The predicted molar refractivity (Wildman–Crippen MR) is 82.7 cm³/mol. The molecule has 0 saturated carbocycles. The van der Waals surface area contributed by atoms with Gasteiger partial charge in [-0.2, -0.15) is 0 Å². The topological polar surface area (TPSA) is 50.4 Å². The summed E-state index contributed by atoms with van der Waals surface area (Å²) in [4.78, 5) is 11.8. The second-order valence-electron chi connectivity index (χ2n) is 4.38. The average Bonchev–Trinajstić information content (AvgIpc) is 2.42. The molecule has 0 aliphatic heterocycles. The third-order valence-corrected chi connectivity index (χ3v) is 3.34. The van der Waals surface area contributed by atoms with Crippen molar-refractivity contribution in [2.75, 3.05) is 19.6 Å². The van der Waals surface area contributed by atoms with Gasteiger partial charge in [-0.1, -0.05) is 30.1 Å². The molecule has 20 heavy (non-hydrogen) atoms. The van der Waals surface area contributed by atoms with Crippen LogP contribution < -0.4 is 15.4 Å². The molecule has 1 unspecified atom stereocenters. The SMILES string of the molecule is CCCNCCNC(=O)C(C)Oc1ccc(Cl)c(Cl)c1.